The third kappa shape index (κ3) is 4.58. The van der Waals surface area contributed by atoms with E-state index in [1.165, 1.54) is 0 Å². The Morgan fingerprint density at radius 1 is 0.731 bits per heavy atom. The topological polar surface area (TPSA) is 58.2 Å². The fourth-order valence-corrected chi connectivity index (χ4v) is 2.72. The Balaban J connectivity index is 1.84. The average molecular weight is 409 g/mol. The average Bonchev–Trinajstić information content (AvgIpc) is 2.70. The summed E-state index contributed by atoms with van der Waals surface area (Å²) in [4.78, 5) is 25.4. The van der Waals surface area contributed by atoms with Crippen LogP contribution in [0.3, 0.4) is 0 Å². The van der Waals surface area contributed by atoms with Crippen LogP contribution in [0, 0.1) is 0 Å². The van der Waals surface area contributed by atoms with Crippen LogP contribution >= 0.6 is 15.9 Å². The summed E-state index contributed by atoms with van der Waals surface area (Å²) in [6, 6.07) is 25.1. The molecular weight excluding hydrogens is 392 g/mol. The van der Waals surface area contributed by atoms with Crippen LogP contribution in [0.15, 0.2) is 89.4 Å². The van der Waals surface area contributed by atoms with E-state index in [0.717, 1.165) is 10.2 Å². The van der Waals surface area contributed by atoms with Crippen molar-refractivity contribution >= 4 is 33.3 Å². The van der Waals surface area contributed by atoms with Gasteiger partial charge in [-0.3, -0.25) is 9.59 Å². The van der Waals surface area contributed by atoms with Gasteiger partial charge in [0, 0.05) is 21.3 Å². The van der Waals surface area contributed by atoms with Gasteiger partial charge in [-0.25, -0.2) is 0 Å². The molecule has 0 spiro atoms. The van der Waals surface area contributed by atoms with E-state index in [4.69, 9.17) is 0 Å². The summed E-state index contributed by atoms with van der Waals surface area (Å²) in [6.07, 6.45) is -0.883. The SMILES string of the molecule is O=C(N[C@@H](Nc1ccc(Br)cc1)C(=O)c1ccccc1)c1ccccc1. The molecule has 2 N–H and O–H groups in total. The maximum atomic E-state index is 12.9. The molecule has 3 rings (SSSR count). The summed E-state index contributed by atoms with van der Waals surface area (Å²) >= 11 is 3.38. The standard InChI is InChI=1S/C21H17BrN2O2/c22-17-11-13-18(14-12-17)23-20(19(25)15-7-3-1-4-8-15)24-21(26)16-9-5-2-6-10-16/h1-14,20,23H,(H,24,26)/t20-/m1/s1. The monoisotopic (exact) mass is 408 g/mol. The molecular formula is C21H17BrN2O2. The lowest BCUT2D eigenvalue weighted by atomic mass is 10.1. The molecule has 0 unspecified atom stereocenters. The Hall–Kier alpha value is -2.92. The first-order valence-electron chi connectivity index (χ1n) is 8.11. The molecule has 3 aromatic rings. The number of hydrogen-bond donors (Lipinski definition) is 2. The quantitative estimate of drug-likeness (QED) is 0.466. The number of amides is 1. The zero-order chi connectivity index (χ0) is 18.4. The van der Waals surface area contributed by atoms with Crippen LogP contribution in [-0.4, -0.2) is 17.9 Å². The number of carbonyl (C=O) groups is 2. The maximum Gasteiger partial charge on any atom is 0.253 e. The Labute approximate surface area is 160 Å². The molecule has 0 aliphatic carbocycles. The fourth-order valence-electron chi connectivity index (χ4n) is 2.45. The second kappa shape index (κ2) is 8.45. The van der Waals surface area contributed by atoms with Crippen LogP contribution in [0.2, 0.25) is 0 Å². The molecule has 1 amide bonds. The molecule has 3 aromatic carbocycles. The molecule has 0 heterocycles. The van der Waals surface area contributed by atoms with Crippen LogP contribution in [0.25, 0.3) is 0 Å². The molecule has 0 radical (unpaired) electrons. The van der Waals surface area contributed by atoms with Crippen LogP contribution in [-0.2, 0) is 0 Å². The Bertz CT molecular complexity index is 881. The minimum atomic E-state index is -0.883. The van der Waals surface area contributed by atoms with Gasteiger partial charge in [-0.2, -0.15) is 0 Å². The molecule has 0 aliphatic heterocycles. The maximum absolute atomic E-state index is 12.9. The highest BCUT2D eigenvalue weighted by atomic mass is 79.9. The molecule has 0 saturated carbocycles. The molecule has 0 saturated heterocycles. The van der Waals surface area contributed by atoms with Crippen molar-refractivity contribution in [2.45, 2.75) is 6.17 Å². The van der Waals surface area contributed by atoms with Crippen molar-refractivity contribution in [1.82, 2.24) is 5.32 Å². The normalized spacial score (nSPS) is 11.4. The lowest BCUT2D eigenvalue weighted by Crippen LogP contribution is -2.46. The zero-order valence-corrected chi connectivity index (χ0v) is 15.4. The van der Waals surface area contributed by atoms with Gasteiger partial charge in [-0.1, -0.05) is 64.5 Å². The van der Waals surface area contributed by atoms with E-state index in [9.17, 15) is 9.59 Å². The minimum absolute atomic E-state index is 0.210. The second-order valence-corrected chi connectivity index (χ2v) is 6.57. The number of rotatable bonds is 6. The zero-order valence-electron chi connectivity index (χ0n) is 13.9. The first kappa shape index (κ1) is 17.9. The summed E-state index contributed by atoms with van der Waals surface area (Å²) in [7, 11) is 0. The van der Waals surface area contributed by atoms with Gasteiger partial charge in [0.15, 0.2) is 6.17 Å². The molecule has 130 valence electrons. The molecule has 0 fully saturated rings. The van der Waals surface area contributed by atoms with Gasteiger partial charge in [-0.15, -0.1) is 0 Å². The van der Waals surface area contributed by atoms with Crippen LogP contribution in [0.1, 0.15) is 20.7 Å². The smallest absolute Gasteiger partial charge is 0.253 e. The van der Waals surface area contributed by atoms with Gasteiger partial charge in [0.05, 0.1) is 0 Å². The van der Waals surface area contributed by atoms with Crippen molar-refractivity contribution in [3.8, 4) is 0 Å². The van der Waals surface area contributed by atoms with Crippen molar-refractivity contribution in [2.24, 2.45) is 0 Å². The highest BCUT2D eigenvalue weighted by Gasteiger charge is 2.22. The second-order valence-electron chi connectivity index (χ2n) is 5.65. The fraction of sp³-hybridized carbons (Fsp3) is 0.0476. The minimum Gasteiger partial charge on any atom is -0.359 e. The summed E-state index contributed by atoms with van der Waals surface area (Å²) in [5, 5.41) is 5.89. The van der Waals surface area contributed by atoms with Crippen molar-refractivity contribution in [3.63, 3.8) is 0 Å². The van der Waals surface area contributed by atoms with Gasteiger partial charge >= 0.3 is 0 Å². The van der Waals surface area contributed by atoms with Gasteiger partial charge < -0.3 is 10.6 Å². The number of carbonyl (C=O) groups excluding carboxylic acids is 2. The van der Waals surface area contributed by atoms with Gasteiger partial charge in [0.1, 0.15) is 0 Å². The Morgan fingerprint density at radius 3 is 1.85 bits per heavy atom. The van der Waals surface area contributed by atoms with Gasteiger partial charge in [0.25, 0.3) is 5.91 Å². The molecule has 1 atom stereocenters. The van der Waals surface area contributed by atoms with E-state index >= 15 is 0 Å². The Morgan fingerprint density at radius 2 is 1.27 bits per heavy atom. The molecule has 0 bridgehead atoms. The largest absolute Gasteiger partial charge is 0.359 e. The van der Waals surface area contributed by atoms with E-state index in [2.05, 4.69) is 26.6 Å². The number of ketones is 1. The first-order valence-corrected chi connectivity index (χ1v) is 8.90. The number of halogens is 1. The lowest BCUT2D eigenvalue weighted by Gasteiger charge is -2.20. The summed E-state index contributed by atoms with van der Waals surface area (Å²) < 4.78 is 0.933. The molecule has 26 heavy (non-hydrogen) atoms. The molecule has 5 heteroatoms. The van der Waals surface area contributed by atoms with E-state index in [1.807, 2.05) is 36.4 Å². The number of nitrogens with one attached hydrogen (secondary N) is 2. The highest BCUT2D eigenvalue weighted by Crippen LogP contribution is 2.16. The third-order valence-electron chi connectivity index (χ3n) is 3.79. The molecule has 0 aromatic heterocycles. The lowest BCUT2D eigenvalue weighted by molar-refractivity contribution is 0.0869. The summed E-state index contributed by atoms with van der Waals surface area (Å²) in [6.45, 7) is 0. The van der Waals surface area contributed by atoms with E-state index in [-0.39, 0.29) is 11.7 Å². The van der Waals surface area contributed by atoms with Crippen LogP contribution < -0.4 is 10.6 Å². The van der Waals surface area contributed by atoms with Gasteiger partial charge in [-0.05, 0) is 36.4 Å². The number of benzene rings is 3. The van der Waals surface area contributed by atoms with Crippen LogP contribution in [0.4, 0.5) is 5.69 Å². The first-order chi connectivity index (χ1) is 12.6. The Kier molecular flexibility index (Phi) is 5.81. The molecule has 0 aliphatic rings. The van der Waals surface area contributed by atoms with Crippen molar-refractivity contribution in [3.05, 3.63) is 101 Å². The predicted molar refractivity (Wildman–Crippen MR) is 106 cm³/mol. The number of anilines is 1. The third-order valence-corrected chi connectivity index (χ3v) is 4.32. The molecule has 4 nitrogen and oxygen atoms in total. The number of Topliss-reactive ketones (excluding diaryl/α,β-unsaturated/α-hetero) is 1. The van der Waals surface area contributed by atoms with Gasteiger partial charge in [0.2, 0.25) is 5.78 Å². The predicted octanol–water partition coefficient (Wildman–Crippen LogP) is 4.50. The number of hydrogen-bond acceptors (Lipinski definition) is 3. The van der Waals surface area contributed by atoms with Crippen molar-refractivity contribution < 1.29 is 9.59 Å². The highest BCUT2D eigenvalue weighted by molar-refractivity contribution is 9.10. The van der Waals surface area contributed by atoms with E-state index in [0.29, 0.717) is 11.1 Å². The summed E-state index contributed by atoms with van der Waals surface area (Å²) in [5.74, 6) is -0.526. The van der Waals surface area contributed by atoms with E-state index in [1.54, 1.807) is 48.5 Å². The van der Waals surface area contributed by atoms with Crippen molar-refractivity contribution in [1.29, 1.82) is 0 Å². The van der Waals surface area contributed by atoms with E-state index < -0.39 is 6.17 Å². The van der Waals surface area contributed by atoms with Crippen LogP contribution in [0.5, 0.6) is 0 Å². The van der Waals surface area contributed by atoms with Crippen molar-refractivity contribution in [2.75, 3.05) is 5.32 Å². The summed E-state index contributed by atoms with van der Waals surface area (Å²) in [5.41, 5.74) is 1.75.